The number of rotatable bonds is 5. The van der Waals surface area contributed by atoms with Gasteiger partial charge in [-0.2, -0.15) is 0 Å². The molecular formula is C16H23ClN2O. The van der Waals surface area contributed by atoms with E-state index in [1.54, 1.807) is 0 Å². The summed E-state index contributed by atoms with van der Waals surface area (Å²) in [6.07, 6.45) is 5.25. The number of halogens is 1. The molecule has 1 aliphatic carbocycles. The summed E-state index contributed by atoms with van der Waals surface area (Å²) in [5.41, 5.74) is 2.65. The van der Waals surface area contributed by atoms with Crippen molar-refractivity contribution in [2.24, 2.45) is 0 Å². The summed E-state index contributed by atoms with van der Waals surface area (Å²) in [5, 5.41) is 4.42. The van der Waals surface area contributed by atoms with E-state index in [9.17, 15) is 0 Å². The summed E-state index contributed by atoms with van der Waals surface area (Å²) in [6.45, 7) is 3.05. The number of methoxy groups -OCH3 is 1. The molecule has 0 atom stereocenters. The fourth-order valence-electron chi connectivity index (χ4n) is 2.86. The van der Waals surface area contributed by atoms with E-state index in [2.05, 4.69) is 22.3 Å². The molecule has 1 aromatic rings. The number of anilines is 1. The second-order valence-electron chi connectivity index (χ2n) is 5.85. The Morgan fingerprint density at radius 2 is 2.00 bits per heavy atom. The number of hydrogen-bond acceptors (Lipinski definition) is 3. The Hall–Kier alpha value is -0.770. The van der Waals surface area contributed by atoms with Gasteiger partial charge >= 0.3 is 0 Å². The molecule has 110 valence electrons. The third-order valence-corrected chi connectivity index (χ3v) is 4.56. The van der Waals surface area contributed by atoms with Crippen LogP contribution in [0.15, 0.2) is 18.2 Å². The molecular weight excluding hydrogens is 272 g/mol. The van der Waals surface area contributed by atoms with Gasteiger partial charge in [-0.3, -0.25) is 0 Å². The van der Waals surface area contributed by atoms with Crippen LogP contribution in [0, 0.1) is 0 Å². The quantitative estimate of drug-likeness (QED) is 0.902. The lowest BCUT2D eigenvalue weighted by Crippen LogP contribution is -2.37. The maximum Gasteiger partial charge on any atom is 0.0605 e. The van der Waals surface area contributed by atoms with Crippen LogP contribution >= 0.6 is 11.6 Å². The van der Waals surface area contributed by atoms with Gasteiger partial charge in [0.05, 0.1) is 6.10 Å². The Labute approximate surface area is 126 Å². The fraction of sp³-hybridized carbons (Fsp3) is 0.625. The van der Waals surface area contributed by atoms with Crippen molar-refractivity contribution in [3.05, 3.63) is 28.8 Å². The molecule has 0 unspecified atom stereocenters. The van der Waals surface area contributed by atoms with E-state index in [-0.39, 0.29) is 0 Å². The molecule has 2 aliphatic rings. The predicted molar refractivity (Wildman–Crippen MR) is 83.6 cm³/mol. The summed E-state index contributed by atoms with van der Waals surface area (Å²) in [4.78, 5) is 2.45. The molecule has 1 saturated heterocycles. The zero-order chi connectivity index (χ0) is 13.9. The first-order valence-electron chi connectivity index (χ1n) is 7.56. The van der Waals surface area contributed by atoms with E-state index in [0.29, 0.717) is 6.10 Å². The van der Waals surface area contributed by atoms with E-state index in [4.69, 9.17) is 16.3 Å². The second-order valence-corrected chi connectivity index (χ2v) is 6.29. The smallest absolute Gasteiger partial charge is 0.0605 e. The predicted octanol–water partition coefficient (Wildman–Crippen LogP) is 3.21. The molecule has 2 fully saturated rings. The Bertz CT molecular complexity index is 454. The summed E-state index contributed by atoms with van der Waals surface area (Å²) < 4.78 is 5.45. The van der Waals surface area contributed by atoms with Gasteiger partial charge in [0.2, 0.25) is 0 Å². The molecule has 0 amide bonds. The minimum atomic E-state index is 0.415. The summed E-state index contributed by atoms with van der Waals surface area (Å²) in [5.74, 6) is 0. The van der Waals surface area contributed by atoms with Gasteiger partial charge in [0.25, 0.3) is 0 Å². The molecule has 3 rings (SSSR count). The normalized spacial score (nSPS) is 20.4. The zero-order valence-electron chi connectivity index (χ0n) is 12.1. The number of ether oxygens (including phenoxy) is 1. The van der Waals surface area contributed by atoms with E-state index in [1.807, 2.05) is 13.2 Å². The average molecular weight is 295 g/mol. The monoisotopic (exact) mass is 294 g/mol. The summed E-state index contributed by atoms with van der Waals surface area (Å²) in [6, 6.07) is 7.00. The van der Waals surface area contributed by atoms with Gasteiger partial charge in [-0.15, -0.1) is 0 Å². The molecule has 1 aromatic carbocycles. The van der Waals surface area contributed by atoms with Crippen LogP contribution in [0.4, 0.5) is 5.69 Å². The third kappa shape index (κ3) is 3.46. The summed E-state index contributed by atoms with van der Waals surface area (Å²) >= 11 is 6.20. The standard InChI is InChI=1S/C16H23ClN2O/c1-20-15-6-8-19(9-7-15)16-10-13(17)3-2-12(16)11-18-14-4-5-14/h2-3,10,14-15,18H,4-9,11H2,1H3. The van der Waals surface area contributed by atoms with Crippen molar-refractivity contribution in [2.45, 2.75) is 44.4 Å². The Morgan fingerprint density at radius 3 is 2.65 bits per heavy atom. The highest BCUT2D eigenvalue weighted by molar-refractivity contribution is 6.30. The van der Waals surface area contributed by atoms with Crippen LogP contribution in [0.25, 0.3) is 0 Å². The molecule has 1 N–H and O–H groups in total. The number of piperidine rings is 1. The Balaban J connectivity index is 1.71. The molecule has 20 heavy (non-hydrogen) atoms. The van der Waals surface area contributed by atoms with E-state index < -0.39 is 0 Å². The maximum atomic E-state index is 6.20. The van der Waals surface area contributed by atoms with Crippen LogP contribution < -0.4 is 10.2 Å². The first kappa shape index (κ1) is 14.2. The number of nitrogens with one attached hydrogen (secondary N) is 1. The minimum Gasteiger partial charge on any atom is -0.381 e. The van der Waals surface area contributed by atoms with Gasteiger partial charge < -0.3 is 15.0 Å². The van der Waals surface area contributed by atoms with Crippen LogP contribution in [0.2, 0.25) is 5.02 Å². The number of benzene rings is 1. The van der Waals surface area contributed by atoms with Crippen molar-refractivity contribution in [3.63, 3.8) is 0 Å². The molecule has 0 spiro atoms. The Morgan fingerprint density at radius 1 is 1.25 bits per heavy atom. The van der Waals surface area contributed by atoms with E-state index >= 15 is 0 Å². The molecule has 0 bridgehead atoms. The molecule has 1 saturated carbocycles. The second kappa shape index (κ2) is 6.33. The zero-order valence-corrected chi connectivity index (χ0v) is 12.8. The van der Waals surface area contributed by atoms with Crippen LogP contribution in [0.5, 0.6) is 0 Å². The molecule has 0 radical (unpaired) electrons. The highest BCUT2D eigenvalue weighted by atomic mass is 35.5. The Kier molecular flexibility index (Phi) is 4.49. The molecule has 1 heterocycles. The van der Waals surface area contributed by atoms with Crippen molar-refractivity contribution < 1.29 is 4.74 Å². The van der Waals surface area contributed by atoms with Crippen LogP contribution in [0.1, 0.15) is 31.2 Å². The van der Waals surface area contributed by atoms with Crippen molar-refractivity contribution in [1.29, 1.82) is 0 Å². The first-order chi connectivity index (χ1) is 9.76. The third-order valence-electron chi connectivity index (χ3n) is 4.32. The van der Waals surface area contributed by atoms with Gasteiger partial charge in [0, 0.05) is 43.5 Å². The molecule has 3 nitrogen and oxygen atoms in total. The van der Waals surface area contributed by atoms with E-state index in [1.165, 1.54) is 24.1 Å². The highest BCUT2D eigenvalue weighted by Crippen LogP contribution is 2.29. The van der Waals surface area contributed by atoms with E-state index in [0.717, 1.165) is 43.5 Å². The first-order valence-corrected chi connectivity index (χ1v) is 7.93. The number of nitrogens with zero attached hydrogens (tertiary/aromatic N) is 1. The van der Waals surface area contributed by atoms with Gasteiger partial charge in [0.1, 0.15) is 0 Å². The SMILES string of the molecule is COC1CCN(c2cc(Cl)ccc2CNC2CC2)CC1. The van der Waals surface area contributed by atoms with Crippen LogP contribution in [-0.2, 0) is 11.3 Å². The van der Waals surface area contributed by atoms with Crippen LogP contribution in [-0.4, -0.2) is 32.3 Å². The van der Waals surface area contributed by atoms with Gasteiger partial charge in [0.15, 0.2) is 0 Å². The lowest BCUT2D eigenvalue weighted by atomic mass is 10.0. The number of hydrogen-bond donors (Lipinski definition) is 1. The topological polar surface area (TPSA) is 24.5 Å². The maximum absolute atomic E-state index is 6.20. The molecule has 4 heteroatoms. The van der Waals surface area contributed by atoms with Gasteiger partial charge in [-0.05, 0) is 43.4 Å². The fourth-order valence-corrected chi connectivity index (χ4v) is 3.02. The molecule has 0 aromatic heterocycles. The summed E-state index contributed by atoms with van der Waals surface area (Å²) in [7, 11) is 1.81. The average Bonchev–Trinajstić information content (AvgIpc) is 3.30. The molecule has 1 aliphatic heterocycles. The largest absolute Gasteiger partial charge is 0.381 e. The van der Waals surface area contributed by atoms with Crippen molar-refractivity contribution in [1.82, 2.24) is 5.32 Å². The minimum absolute atomic E-state index is 0.415. The van der Waals surface area contributed by atoms with Gasteiger partial charge in [-0.1, -0.05) is 17.7 Å². The van der Waals surface area contributed by atoms with Crippen molar-refractivity contribution >= 4 is 17.3 Å². The van der Waals surface area contributed by atoms with Crippen molar-refractivity contribution in [2.75, 3.05) is 25.1 Å². The van der Waals surface area contributed by atoms with Gasteiger partial charge in [-0.25, -0.2) is 0 Å². The lowest BCUT2D eigenvalue weighted by Gasteiger charge is -2.34. The van der Waals surface area contributed by atoms with Crippen molar-refractivity contribution in [3.8, 4) is 0 Å². The highest BCUT2D eigenvalue weighted by Gasteiger charge is 2.23. The van der Waals surface area contributed by atoms with Crippen LogP contribution in [0.3, 0.4) is 0 Å². The lowest BCUT2D eigenvalue weighted by molar-refractivity contribution is 0.0819.